The van der Waals surface area contributed by atoms with Crippen LogP contribution in [0.15, 0.2) is 468 Å². The van der Waals surface area contributed by atoms with Gasteiger partial charge in [-0.25, -0.2) is 34.9 Å². The molecular weight excluding hydrogens is 1790 g/mol. The van der Waals surface area contributed by atoms with E-state index >= 15 is 0 Å². The maximum atomic E-state index is 5.42. The standard InChI is InChI=1S/C50H35N5.2C42H30N4/c1-50(2)40-19-9-6-18-39(40)47-45(50)46(32-28-30-36(31-29-32)54-42-21-11-7-16-37(42)38-17-8-12-22-43(38)54)52-48(53-47)33-24-26-34(27-25-33)49-51-41-20-10-13-23-44(41)55(49)35-14-4-3-5-15-35;1-42(2)35-17-6-3-16-34(35)40-38(42)39(44-41(45-40)29-12-9-11-28(25-29)30-13-10-24-43-26-30)27-20-22-31(23-21-27)46-36-18-7-4-14-32(36)33-15-5-8-19-37(33)46;1-42(2)35-15-6-3-14-34(35)40-38(42)39(44-41(45-40)30-11-9-10-29(26-30)27-22-24-43-25-23-27)28-18-20-31(21-19-28)46-36-16-7-4-12-32(36)33-13-5-8-17-37(33)46/h3-31H,1-2H3;2*3-26H,1-2H3. The lowest BCUT2D eigenvalue weighted by Gasteiger charge is -2.24. The zero-order valence-corrected chi connectivity index (χ0v) is 81.8. The van der Waals surface area contributed by atoms with Crippen molar-refractivity contribution in [1.82, 2.24) is 63.1 Å². The van der Waals surface area contributed by atoms with E-state index in [0.29, 0.717) is 5.82 Å². The molecule has 26 aromatic rings. The van der Waals surface area contributed by atoms with Gasteiger partial charge in [0, 0.05) is 174 Å². The Morgan fingerprint density at radius 2 is 0.483 bits per heavy atom. The summed E-state index contributed by atoms with van der Waals surface area (Å²) in [5, 5.41) is 7.54. The summed E-state index contributed by atoms with van der Waals surface area (Å²) in [7, 11) is 0. The minimum absolute atomic E-state index is 0.246. The minimum atomic E-state index is -0.272. The second-order valence-electron chi connectivity index (χ2n) is 39.9. The van der Waals surface area contributed by atoms with Gasteiger partial charge in [-0.2, -0.15) is 0 Å². The largest absolute Gasteiger partial charge is 0.309 e. The molecule has 13 nitrogen and oxygen atoms in total. The van der Waals surface area contributed by atoms with Crippen LogP contribution in [0.1, 0.15) is 74.9 Å². The van der Waals surface area contributed by atoms with E-state index in [1.165, 1.54) is 110 Å². The summed E-state index contributed by atoms with van der Waals surface area (Å²) in [6, 6.07) is 157. The monoisotopic (exact) mass is 1890 g/mol. The molecule has 0 fully saturated rings. The van der Waals surface area contributed by atoms with Gasteiger partial charge in [-0.1, -0.05) is 357 Å². The fourth-order valence-corrected chi connectivity index (χ4v) is 23.4. The van der Waals surface area contributed by atoms with Crippen LogP contribution in [0.3, 0.4) is 0 Å². The minimum Gasteiger partial charge on any atom is -0.309 e. The van der Waals surface area contributed by atoms with E-state index in [1.54, 1.807) is 6.20 Å². The number of pyridine rings is 2. The summed E-state index contributed by atoms with van der Waals surface area (Å²) in [6.07, 6.45) is 7.35. The number of nitrogens with zero attached hydrogens (tertiary/aromatic N) is 13. The molecule has 147 heavy (non-hydrogen) atoms. The van der Waals surface area contributed by atoms with E-state index in [-0.39, 0.29) is 16.2 Å². The SMILES string of the molecule is CC1(C)c2ccccc2-c2nc(-c3ccc(-c4nc5ccccc5n4-c4ccccc4)cc3)nc(-c3ccc(-n4c5ccccc5c5ccccc54)cc3)c21.CC1(C)c2ccccc2-c2nc(-c3cccc(-c4cccnc4)c3)nc(-c3ccc(-n4c5ccccc5c5ccccc54)cc3)c21.CC1(C)c2ccccc2-c2nc(-c3cccc(-c4ccncc4)c3)nc(-c3ccc(-n4c5ccccc5c5ccccc54)cc3)c21. The highest BCUT2D eigenvalue weighted by Crippen LogP contribution is 2.56. The Kier molecular flexibility index (Phi) is 20.6. The van der Waals surface area contributed by atoms with Crippen molar-refractivity contribution < 1.29 is 0 Å². The van der Waals surface area contributed by atoms with E-state index < -0.39 is 0 Å². The number of benzene rings is 17. The average molecular weight is 1890 g/mol. The van der Waals surface area contributed by atoms with Crippen LogP contribution < -0.4 is 0 Å². The molecular formula is C134H95N13. The van der Waals surface area contributed by atoms with E-state index in [9.17, 15) is 0 Å². The van der Waals surface area contributed by atoms with Crippen LogP contribution >= 0.6 is 0 Å². The predicted molar refractivity (Wildman–Crippen MR) is 601 cm³/mol. The first-order chi connectivity index (χ1) is 72.2. The number of rotatable bonds is 13. The molecule has 3 aliphatic rings. The first-order valence-electron chi connectivity index (χ1n) is 50.2. The molecule has 0 bridgehead atoms. The van der Waals surface area contributed by atoms with Crippen LogP contribution in [-0.2, 0) is 16.2 Å². The van der Waals surface area contributed by atoms with Gasteiger partial charge in [-0.3, -0.25) is 14.5 Å². The van der Waals surface area contributed by atoms with Crippen molar-refractivity contribution in [3.8, 4) is 158 Å². The van der Waals surface area contributed by atoms with Crippen molar-refractivity contribution in [3.63, 3.8) is 0 Å². The quantitative estimate of drug-likeness (QED) is 0.111. The molecule has 0 saturated heterocycles. The molecule has 3 aliphatic carbocycles. The van der Waals surface area contributed by atoms with Crippen molar-refractivity contribution in [1.29, 1.82) is 0 Å². The van der Waals surface area contributed by atoms with Crippen LogP contribution in [0, 0.1) is 0 Å². The van der Waals surface area contributed by atoms with Gasteiger partial charge in [0.15, 0.2) is 17.5 Å². The Balaban J connectivity index is 0.000000110. The number of fused-ring (bicyclic) bond motifs is 19. The van der Waals surface area contributed by atoms with Gasteiger partial charge < -0.3 is 13.7 Å². The van der Waals surface area contributed by atoms with E-state index in [1.807, 2.05) is 48.9 Å². The van der Waals surface area contributed by atoms with Gasteiger partial charge in [0.05, 0.1) is 78.3 Å². The summed E-state index contributed by atoms with van der Waals surface area (Å²) >= 11 is 0. The molecule has 0 unspecified atom stereocenters. The van der Waals surface area contributed by atoms with E-state index in [0.717, 1.165) is 152 Å². The number of aromatic nitrogens is 13. The summed E-state index contributed by atoms with van der Waals surface area (Å²) < 4.78 is 9.30. The van der Waals surface area contributed by atoms with Crippen molar-refractivity contribution >= 4 is 76.5 Å². The van der Waals surface area contributed by atoms with Crippen LogP contribution in [0.4, 0.5) is 0 Å². The molecule has 9 aromatic heterocycles. The molecule has 17 aromatic carbocycles. The second-order valence-corrected chi connectivity index (χ2v) is 39.9. The zero-order chi connectivity index (χ0) is 98.3. The number of para-hydroxylation sites is 9. The lowest BCUT2D eigenvalue weighted by molar-refractivity contribution is 0.657. The molecule has 13 heteroatoms. The van der Waals surface area contributed by atoms with Crippen molar-refractivity contribution in [2.75, 3.05) is 0 Å². The Bertz CT molecular complexity index is 9230. The Hall–Kier alpha value is -18.9. The fraction of sp³-hybridized carbons (Fsp3) is 0.0672. The molecule has 29 rings (SSSR count). The van der Waals surface area contributed by atoms with Gasteiger partial charge >= 0.3 is 0 Å². The maximum absolute atomic E-state index is 5.42. The average Bonchev–Trinajstić information content (AvgIpc) is 1.56. The van der Waals surface area contributed by atoms with E-state index in [2.05, 4.69) is 482 Å². The third-order valence-electron chi connectivity index (χ3n) is 30.3. The number of hydrogen-bond donors (Lipinski definition) is 0. The Labute approximate surface area is 850 Å². The molecule has 0 radical (unpaired) electrons. The molecule has 0 aliphatic heterocycles. The first-order valence-corrected chi connectivity index (χ1v) is 50.2. The normalized spacial score (nSPS) is 13.1. The molecule has 696 valence electrons. The highest BCUT2D eigenvalue weighted by molar-refractivity contribution is 6.12. The summed E-state index contributed by atoms with van der Waals surface area (Å²) in [6.45, 7) is 13.8. The Morgan fingerprint density at radius 1 is 0.184 bits per heavy atom. The molecule has 0 spiro atoms. The third kappa shape index (κ3) is 14.5. The number of imidazole rings is 1. The predicted octanol–water partition coefficient (Wildman–Crippen LogP) is 32.8. The molecule has 0 N–H and O–H groups in total. The molecule has 0 saturated carbocycles. The van der Waals surface area contributed by atoms with Crippen LogP contribution in [0.2, 0.25) is 0 Å². The smallest absolute Gasteiger partial charge is 0.160 e. The Morgan fingerprint density at radius 3 is 0.864 bits per heavy atom. The maximum Gasteiger partial charge on any atom is 0.160 e. The van der Waals surface area contributed by atoms with Crippen LogP contribution in [-0.4, -0.2) is 63.1 Å². The van der Waals surface area contributed by atoms with Gasteiger partial charge in [0.25, 0.3) is 0 Å². The van der Waals surface area contributed by atoms with Gasteiger partial charge in [0.2, 0.25) is 0 Å². The van der Waals surface area contributed by atoms with Crippen molar-refractivity contribution in [3.05, 3.63) is 501 Å². The zero-order valence-electron chi connectivity index (χ0n) is 81.8. The van der Waals surface area contributed by atoms with Crippen LogP contribution in [0.5, 0.6) is 0 Å². The topological polar surface area (TPSA) is 136 Å². The highest BCUT2D eigenvalue weighted by atomic mass is 15.1. The summed E-state index contributed by atoms with van der Waals surface area (Å²) in [5.41, 5.74) is 41.3. The van der Waals surface area contributed by atoms with E-state index in [4.69, 9.17) is 34.9 Å². The van der Waals surface area contributed by atoms with Gasteiger partial charge in [-0.15, -0.1) is 0 Å². The van der Waals surface area contributed by atoms with Gasteiger partial charge in [-0.05, 0) is 161 Å². The third-order valence-corrected chi connectivity index (χ3v) is 30.3. The van der Waals surface area contributed by atoms with Gasteiger partial charge in [0.1, 0.15) is 5.82 Å². The van der Waals surface area contributed by atoms with Crippen molar-refractivity contribution in [2.24, 2.45) is 0 Å². The summed E-state index contributed by atoms with van der Waals surface area (Å²) in [5.74, 6) is 3.05. The fourth-order valence-electron chi connectivity index (χ4n) is 23.4. The molecule has 0 amide bonds. The molecule has 0 atom stereocenters. The lowest BCUT2D eigenvalue weighted by atomic mass is 9.81. The van der Waals surface area contributed by atoms with Crippen molar-refractivity contribution in [2.45, 2.75) is 57.8 Å². The molecule has 9 heterocycles. The summed E-state index contributed by atoms with van der Waals surface area (Å²) in [4.78, 5) is 45.7. The number of hydrogen-bond acceptors (Lipinski definition) is 9. The second kappa shape index (κ2) is 34.8. The highest BCUT2D eigenvalue weighted by Gasteiger charge is 2.44. The lowest BCUT2D eigenvalue weighted by Crippen LogP contribution is -2.17. The van der Waals surface area contributed by atoms with Crippen LogP contribution in [0.25, 0.3) is 235 Å². The first kappa shape index (κ1) is 87.2.